The Balaban J connectivity index is 1.84. The van der Waals surface area contributed by atoms with Crippen molar-refractivity contribution in [2.75, 3.05) is 18.8 Å². The zero-order valence-corrected chi connectivity index (χ0v) is 17.1. The van der Waals surface area contributed by atoms with Crippen molar-refractivity contribution in [1.82, 2.24) is 14.9 Å². The molecule has 9 heteroatoms. The first-order valence-corrected chi connectivity index (χ1v) is 11.1. The lowest BCUT2D eigenvalue weighted by atomic mass is 10.1. The molecule has 1 unspecified atom stereocenters. The molecule has 1 atom stereocenters. The molecule has 1 heterocycles. The van der Waals surface area contributed by atoms with Crippen molar-refractivity contribution in [3.63, 3.8) is 0 Å². The fourth-order valence-electron chi connectivity index (χ4n) is 2.98. The van der Waals surface area contributed by atoms with Crippen molar-refractivity contribution in [3.8, 4) is 0 Å². The molecule has 27 heavy (non-hydrogen) atoms. The first-order chi connectivity index (χ1) is 12.7. The molecule has 150 valence electrons. The minimum Gasteiger partial charge on any atom is -0.351 e. The number of amides is 2. The van der Waals surface area contributed by atoms with Gasteiger partial charge in [0.25, 0.3) is 5.91 Å². The van der Waals surface area contributed by atoms with Gasteiger partial charge in [-0.05, 0) is 38.3 Å². The molecular weight excluding hydrogens is 390 g/mol. The van der Waals surface area contributed by atoms with Gasteiger partial charge in [0, 0.05) is 19.1 Å². The second-order valence-electron chi connectivity index (χ2n) is 6.67. The summed E-state index contributed by atoms with van der Waals surface area (Å²) in [6.45, 7) is 4.23. The van der Waals surface area contributed by atoms with Gasteiger partial charge in [-0.3, -0.25) is 9.59 Å². The lowest BCUT2D eigenvalue weighted by Crippen LogP contribution is -2.51. The summed E-state index contributed by atoms with van der Waals surface area (Å²) in [5.41, 5.74) is 0.313. The molecule has 1 aromatic carbocycles. The molecule has 7 nitrogen and oxygen atoms in total. The van der Waals surface area contributed by atoms with Crippen LogP contribution in [0.4, 0.5) is 0 Å². The van der Waals surface area contributed by atoms with Crippen molar-refractivity contribution in [2.24, 2.45) is 0 Å². The number of nitrogens with one attached hydrogen (secondary N) is 2. The van der Waals surface area contributed by atoms with E-state index in [0.717, 1.165) is 0 Å². The smallest absolute Gasteiger partial charge is 0.253 e. The SMILES string of the molecule is CCCS(=O)(=O)N1CCC(NC(=O)C(C)NC(=O)c2ccccc2Cl)CC1. The van der Waals surface area contributed by atoms with Gasteiger partial charge in [-0.1, -0.05) is 30.7 Å². The summed E-state index contributed by atoms with van der Waals surface area (Å²) in [5, 5.41) is 5.84. The molecular formula is C18H26ClN3O4S. The number of carbonyl (C=O) groups is 2. The minimum atomic E-state index is -3.20. The van der Waals surface area contributed by atoms with Crippen molar-refractivity contribution in [2.45, 2.75) is 45.2 Å². The maximum absolute atomic E-state index is 12.4. The molecule has 0 saturated carbocycles. The number of nitrogens with zero attached hydrogens (tertiary/aromatic N) is 1. The zero-order valence-electron chi connectivity index (χ0n) is 15.6. The lowest BCUT2D eigenvalue weighted by molar-refractivity contribution is -0.123. The van der Waals surface area contributed by atoms with E-state index in [-0.39, 0.29) is 17.7 Å². The Morgan fingerprint density at radius 2 is 1.89 bits per heavy atom. The van der Waals surface area contributed by atoms with Crippen LogP contribution in [0, 0.1) is 0 Å². The zero-order chi connectivity index (χ0) is 20.0. The van der Waals surface area contributed by atoms with Gasteiger partial charge in [0.05, 0.1) is 16.3 Å². The molecule has 0 radical (unpaired) electrons. The first-order valence-electron chi connectivity index (χ1n) is 9.08. The summed E-state index contributed by atoms with van der Waals surface area (Å²) in [6, 6.07) is 5.80. The summed E-state index contributed by atoms with van der Waals surface area (Å²) in [4.78, 5) is 24.6. The topological polar surface area (TPSA) is 95.6 Å². The average Bonchev–Trinajstić information content (AvgIpc) is 2.62. The van der Waals surface area contributed by atoms with Crippen LogP contribution >= 0.6 is 11.6 Å². The van der Waals surface area contributed by atoms with E-state index in [1.54, 1.807) is 31.2 Å². The van der Waals surface area contributed by atoms with Gasteiger partial charge in [0.2, 0.25) is 15.9 Å². The van der Waals surface area contributed by atoms with Crippen LogP contribution in [-0.4, -0.2) is 55.5 Å². The number of rotatable bonds is 7. The number of carbonyl (C=O) groups excluding carboxylic acids is 2. The Morgan fingerprint density at radius 3 is 2.48 bits per heavy atom. The van der Waals surface area contributed by atoms with Gasteiger partial charge in [0.15, 0.2) is 0 Å². The summed E-state index contributed by atoms with van der Waals surface area (Å²) in [6.07, 6.45) is 1.70. The number of hydrogen-bond acceptors (Lipinski definition) is 4. The van der Waals surface area contributed by atoms with Crippen LogP contribution in [-0.2, 0) is 14.8 Å². The van der Waals surface area contributed by atoms with E-state index in [1.807, 2.05) is 6.92 Å². The minimum absolute atomic E-state index is 0.106. The van der Waals surface area contributed by atoms with Gasteiger partial charge in [-0.25, -0.2) is 12.7 Å². The number of sulfonamides is 1. The van der Waals surface area contributed by atoms with E-state index < -0.39 is 22.0 Å². The van der Waals surface area contributed by atoms with Crippen molar-refractivity contribution < 1.29 is 18.0 Å². The molecule has 0 bridgehead atoms. The van der Waals surface area contributed by atoms with Crippen LogP contribution in [0.1, 0.15) is 43.5 Å². The Kier molecular flexibility index (Phi) is 7.64. The molecule has 1 saturated heterocycles. The second-order valence-corrected chi connectivity index (χ2v) is 9.17. The summed E-state index contributed by atoms with van der Waals surface area (Å²) >= 11 is 6.00. The van der Waals surface area contributed by atoms with E-state index in [0.29, 0.717) is 42.9 Å². The number of piperidine rings is 1. The van der Waals surface area contributed by atoms with E-state index in [1.165, 1.54) is 4.31 Å². The molecule has 1 fully saturated rings. The number of hydrogen-bond donors (Lipinski definition) is 2. The maximum atomic E-state index is 12.4. The van der Waals surface area contributed by atoms with Gasteiger partial charge >= 0.3 is 0 Å². The highest BCUT2D eigenvalue weighted by Gasteiger charge is 2.29. The molecule has 0 spiro atoms. The molecule has 1 aliphatic rings. The molecule has 1 aromatic rings. The number of benzene rings is 1. The molecule has 2 amide bonds. The van der Waals surface area contributed by atoms with Gasteiger partial charge in [-0.15, -0.1) is 0 Å². The fourth-order valence-corrected chi connectivity index (χ4v) is 4.74. The van der Waals surface area contributed by atoms with Crippen molar-refractivity contribution in [3.05, 3.63) is 34.9 Å². The molecule has 2 N–H and O–H groups in total. The van der Waals surface area contributed by atoms with Crippen molar-refractivity contribution >= 4 is 33.4 Å². The van der Waals surface area contributed by atoms with E-state index in [4.69, 9.17) is 11.6 Å². The highest BCUT2D eigenvalue weighted by molar-refractivity contribution is 7.89. The molecule has 2 rings (SSSR count). The molecule has 1 aliphatic heterocycles. The molecule has 0 aromatic heterocycles. The third-order valence-corrected chi connectivity index (χ3v) is 6.92. The highest BCUT2D eigenvalue weighted by Crippen LogP contribution is 2.16. The Labute approximate surface area is 165 Å². The number of halogens is 1. The van der Waals surface area contributed by atoms with Crippen LogP contribution in [0.3, 0.4) is 0 Å². The molecule has 0 aliphatic carbocycles. The van der Waals surface area contributed by atoms with Crippen LogP contribution in [0.25, 0.3) is 0 Å². The Morgan fingerprint density at radius 1 is 1.26 bits per heavy atom. The monoisotopic (exact) mass is 415 g/mol. The quantitative estimate of drug-likeness (QED) is 0.709. The average molecular weight is 416 g/mol. The lowest BCUT2D eigenvalue weighted by Gasteiger charge is -2.32. The normalized spacial score (nSPS) is 17.3. The maximum Gasteiger partial charge on any atom is 0.253 e. The second kappa shape index (κ2) is 9.52. The fraction of sp³-hybridized carbons (Fsp3) is 0.556. The van der Waals surface area contributed by atoms with Crippen LogP contribution in [0.2, 0.25) is 5.02 Å². The Bertz CT molecular complexity index is 777. The summed E-state index contributed by atoms with van der Waals surface area (Å²) < 4.78 is 25.7. The van der Waals surface area contributed by atoms with E-state index in [9.17, 15) is 18.0 Å². The standard InChI is InChI=1S/C18H26ClN3O4S/c1-3-12-27(25,26)22-10-8-14(9-11-22)21-17(23)13(2)20-18(24)15-6-4-5-7-16(15)19/h4-7,13-14H,3,8-12H2,1-2H3,(H,20,24)(H,21,23). The van der Waals surface area contributed by atoms with Gasteiger partial charge in [-0.2, -0.15) is 0 Å². The third kappa shape index (κ3) is 5.92. The predicted molar refractivity (Wildman–Crippen MR) is 105 cm³/mol. The first kappa shape index (κ1) is 21.7. The van der Waals surface area contributed by atoms with E-state index in [2.05, 4.69) is 10.6 Å². The van der Waals surface area contributed by atoms with E-state index >= 15 is 0 Å². The highest BCUT2D eigenvalue weighted by atomic mass is 35.5. The Hall–Kier alpha value is -1.64. The van der Waals surface area contributed by atoms with Gasteiger partial charge in [0.1, 0.15) is 6.04 Å². The predicted octanol–water partition coefficient (Wildman–Crippen LogP) is 1.78. The summed E-state index contributed by atoms with van der Waals surface area (Å²) in [7, 11) is -3.20. The summed E-state index contributed by atoms with van der Waals surface area (Å²) in [5.74, 6) is -0.566. The van der Waals surface area contributed by atoms with Crippen LogP contribution in [0.5, 0.6) is 0 Å². The van der Waals surface area contributed by atoms with Crippen molar-refractivity contribution in [1.29, 1.82) is 0 Å². The third-order valence-electron chi connectivity index (χ3n) is 4.52. The van der Waals surface area contributed by atoms with Crippen LogP contribution in [0.15, 0.2) is 24.3 Å². The largest absolute Gasteiger partial charge is 0.351 e. The van der Waals surface area contributed by atoms with Crippen LogP contribution < -0.4 is 10.6 Å². The van der Waals surface area contributed by atoms with Gasteiger partial charge < -0.3 is 10.6 Å².